The average Bonchev–Trinajstić information content (AvgIpc) is 3.53. The Morgan fingerprint density at radius 2 is 1.36 bits per heavy atom. The van der Waals surface area contributed by atoms with E-state index in [4.69, 9.17) is 14.2 Å². The molecule has 0 aliphatic heterocycles. The fourth-order valence-corrected chi connectivity index (χ4v) is 12.0. The van der Waals surface area contributed by atoms with E-state index in [9.17, 15) is 0 Å². The second-order valence-corrected chi connectivity index (χ2v) is 20.3. The van der Waals surface area contributed by atoms with Crippen LogP contribution in [0.3, 0.4) is 0 Å². The van der Waals surface area contributed by atoms with Crippen molar-refractivity contribution >= 4 is 0 Å². The molecule has 0 aromatic heterocycles. The van der Waals surface area contributed by atoms with E-state index in [2.05, 4.69) is 58.2 Å². The topological polar surface area (TPSA) is 39.7 Å². The lowest BCUT2D eigenvalue weighted by Crippen LogP contribution is -2.50. The summed E-state index contributed by atoms with van der Waals surface area (Å²) in [6, 6.07) is 0.271. The van der Waals surface area contributed by atoms with Crippen LogP contribution in [0, 0.1) is 40.4 Å². The number of ether oxygens (including phenoxy) is 3. The van der Waals surface area contributed by atoms with Crippen LogP contribution in [0.5, 0.6) is 0 Å². The van der Waals surface area contributed by atoms with Crippen LogP contribution in [0.4, 0.5) is 0 Å². The van der Waals surface area contributed by atoms with Gasteiger partial charge in [0.25, 0.3) is 0 Å². The Morgan fingerprint density at radius 1 is 0.714 bits per heavy atom. The standard InChI is InChI=1S/C52H95NO3/c1-7-8-9-10-11-12-13-14-15-16-17-18-19-20-21-24-37-54-41-46(53-6)42-55-38-25-26-39-56-47-33-35-52(5)45(40-47)29-31-48-49-32-30-44(28-23-22-27-43(2)3)51(49,4)36-34-50(48)52/h14-15,29,43-44,46-50,53H,7-13,16-28,30-42H2,1-6H3/b15-14-/t44-,46+,47-,48-,49-,50-,51+,52-/m0/s1. The van der Waals surface area contributed by atoms with Crippen molar-refractivity contribution in [2.45, 2.75) is 227 Å². The number of likely N-dealkylation sites (N-methyl/N-ethyl adjacent to an activating group) is 1. The van der Waals surface area contributed by atoms with E-state index < -0.39 is 0 Å². The smallest absolute Gasteiger partial charge is 0.0642 e. The van der Waals surface area contributed by atoms with Gasteiger partial charge in [-0.15, -0.1) is 0 Å². The van der Waals surface area contributed by atoms with Crippen LogP contribution in [0.1, 0.15) is 214 Å². The molecule has 4 nitrogen and oxygen atoms in total. The summed E-state index contributed by atoms with van der Waals surface area (Å²) in [5.41, 5.74) is 2.79. The Morgan fingerprint density at radius 3 is 2.04 bits per heavy atom. The van der Waals surface area contributed by atoms with Crippen molar-refractivity contribution in [3.05, 3.63) is 23.8 Å². The normalized spacial score (nSPS) is 29.4. The molecule has 0 spiro atoms. The van der Waals surface area contributed by atoms with Crippen molar-refractivity contribution in [3.8, 4) is 0 Å². The third-order valence-corrected chi connectivity index (χ3v) is 15.7. The first-order valence-corrected chi connectivity index (χ1v) is 25.1. The lowest BCUT2D eigenvalue weighted by Gasteiger charge is -2.58. The SMILES string of the molecule is CCCCCCCC/C=C\CCCCCCCCOC[C@H](COCCCCO[C@H]1CC[C@@]2(C)C(=CC[C@H]3[C@@H]4CC[C@H](CCCCC(C)C)[C@@]4(C)CC[C@@H]32)C1)NC. The van der Waals surface area contributed by atoms with E-state index in [-0.39, 0.29) is 6.04 Å². The molecule has 326 valence electrons. The van der Waals surface area contributed by atoms with Gasteiger partial charge in [0, 0.05) is 19.8 Å². The van der Waals surface area contributed by atoms with Crippen molar-refractivity contribution < 1.29 is 14.2 Å². The monoisotopic (exact) mass is 782 g/mol. The molecule has 56 heavy (non-hydrogen) atoms. The van der Waals surface area contributed by atoms with Gasteiger partial charge in [0.1, 0.15) is 0 Å². The number of nitrogens with one attached hydrogen (secondary N) is 1. The van der Waals surface area contributed by atoms with Gasteiger partial charge in [-0.25, -0.2) is 0 Å². The first kappa shape index (κ1) is 48.0. The van der Waals surface area contributed by atoms with Gasteiger partial charge in [-0.2, -0.15) is 0 Å². The minimum absolute atomic E-state index is 0.271. The van der Waals surface area contributed by atoms with Crippen LogP contribution in [0.15, 0.2) is 23.8 Å². The van der Waals surface area contributed by atoms with E-state index in [0.29, 0.717) is 16.9 Å². The summed E-state index contributed by atoms with van der Waals surface area (Å²) in [4.78, 5) is 0. The predicted octanol–water partition coefficient (Wildman–Crippen LogP) is 14.6. The first-order valence-electron chi connectivity index (χ1n) is 25.1. The Bertz CT molecular complexity index is 1070. The molecule has 0 bridgehead atoms. The summed E-state index contributed by atoms with van der Waals surface area (Å²) < 4.78 is 18.6. The molecular weight excluding hydrogens is 687 g/mol. The maximum absolute atomic E-state index is 6.54. The summed E-state index contributed by atoms with van der Waals surface area (Å²) in [6.45, 7) is 16.5. The average molecular weight is 782 g/mol. The molecule has 0 amide bonds. The van der Waals surface area contributed by atoms with Crippen molar-refractivity contribution in [3.63, 3.8) is 0 Å². The second-order valence-electron chi connectivity index (χ2n) is 20.3. The van der Waals surface area contributed by atoms with Crippen molar-refractivity contribution in [1.29, 1.82) is 0 Å². The maximum Gasteiger partial charge on any atom is 0.0642 e. The lowest BCUT2D eigenvalue weighted by atomic mass is 9.47. The van der Waals surface area contributed by atoms with E-state index in [0.717, 1.165) is 75.5 Å². The maximum atomic E-state index is 6.54. The van der Waals surface area contributed by atoms with Gasteiger partial charge < -0.3 is 19.5 Å². The van der Waals surface area contributed by atoms with E-state index in [1.165, 1.54) is 167 Å². The summed E-state index contributed by atoms with van der Waals surface area (Å²) in [6.07, 6.45) is 45.8. The van der Waals surface area contributed by atoms with Gasteiger partial charge in [0.05, 0.1) is 25.4 Å². The van der Waals surface area contributed by atoms with Crippen LogP contribution < -0.4 is 5.32 Å². The first-order chi connectivity index (χ1) is 27.3. The molecule has 4 aliphatic carbocycles. The number of unbranched alkanes of at least 4 members (excludes halogenated alkanes) is 14. The molecule has 0 unspecified atom stereocenters. The molecule has 8 atom stereocenters. The molecule has 0 aromatic rings. The largest absolute Gasteiger partial charge is 0.380 e. The van der Waals surface area contributed by atoms with E-state index in [1.54, 1.807) is 5.57 Å². The second kappa shape index (κ2) is 27.2. The molecule has 4 heteroatoms. The minimum Gasteiger partial charge on any atom is -0.380 e. The Kier molecular flexibility index (Phi) is 23.3. The molecule has 4 aliphatic rings. The van der Waals surface area contributed by atoms with Gasteiger partial charge >= 0.3 is 0 Å². The number of rotatable bonds is 32. The van der Waals surface area contributed by atoms with Crippen LogP contribution in [0.25, 0.3) is 0 Å². The van der Waals surface area contributed by atoms with Gasteiger partial charge in [0.15, 0.2) is 0 Å². The number of hydrogen-bond acceptors (Lipinski definition) is 4. The van der Waals surface area contributed by atoms with Crippen LogP contribution in [0.2, 0.25) is 0 Å². The third kappa shape index (κ3) is 15.7. The quantitative estimate of drug-likeness (QED) is 0.0545. The summed E-state index contributed by atoms with van der Waals surface area (Å²) in [7, 11) is 2.03. The number of hydrogen-bond donors (Lipinski definition) is 1. The highest BCUT2D eigenvalue weighted by atomic mass is 16.5. The molecular formula is C52H95NO3. The Labute approximate surface area is 349 Å². The minimum atomic E-state index is 0.271. The van der Waals surface area contributed by atoms with Crippen LogP contribution in [-0.4, -0.2) is 52.2 Å². The zero-order valence-corrected chi connectivity index (χ0v) is 38.3. The van der Waals surface area contributed by atoms with Gasteiger partial charge in [-0.1, -0.05) is 135 Å². The zero-order chi connectivity index (χ0) is 39.9. The third-order valence-electron chi connectivity index (χ3n) is 15.7. The molecule has 0 aromatic carbocycles. The van der Waals surface area contributed by atoms with E-state index >= 15 is 0 Å². The van der Waals surface area contributed by atoms with Gasteiger partial charge in [-0.3, -0.25) is 0 Å². The molecule has 3 saturated carbocycles. The molecule has 0 saturated heterocycles. The summed E-state index contributed by atoms with van der Waals surface area (Å²) >= 11 is 0. The number of fused-ring (bicyclic) bond motifs is 5. The fourth-order valence-electron chi connectivity index (χ4n) is 12.0. The zero-order valence-electron chi connectivity index (χ0n) is 38.3. The van der Waals surface area contributed by atoms with Crippen LogP contribution >= 0.6 is 0 Å². The highest BCUT2D eigenvalue weighted by Gasteiger charge is 2.58. The predicted molar refractivity (Wildman–Crippen MR) is 241 cm³/mol. The van der Waals surface area contributed by atoms with Crippen molar-refractivity contribution in [2.75, 3.05) is 40.1 Å². The molecule has 4 rings (SSSR count). The van der Waals surface area contributed by atoms with E-state index in [1.807, 2.05) is 7.05 Å². The number of allylic oxidation sites excluding steroid dienone is 3. The van der Waals surface area contributed by atoms with Crippen molar-refractivity contribution in [1.82, 2.24) is 5.32 Å². The van der Waals surface area contributed by atoms with Gasteiger partial charge in [0.2, 0.25) is 0 Å². The molecule has 1 N–H and O–H groups in total. The Balaban J connectivity index is 0.971. The van der Waals surface area contributed by atoms with Crippen LogP contribution in [-0.2, 0) is 14.2 Å². The molecule has 3 fully saturated rings. The summed E-state index contributed by atoms with van der Waals surface area (Å²) in [5, 5.41) is 3.39. The molecule has 0 heterocycles. The lowest BCUT2D eigenvalue weighted by molar-refractivity contribution is -0.0592. The summed E-state index contributed by atoms with van der Waals surface area (Å²) in [5.74, 6) is 4.63. The van der Waals surface area contributed by atoms with Gasteiger partial charge in [-0.05, 0) is 150 Å². The van der Waals surface area contributed by atoms with Crippen molar-refractivity contribution in [2.24, 2.45) is 40.4 Å². The highest BCUT2D eigenvalue weighted by Crippen LogP contribution is 2.66. The fraction of sp³-hybridized carbons (Fsp3) is 0.923. The highest BCUT2D eigenvalue weighted by molar-refractivity contribution is 5.25. The Hall–Kier alpha value is -0.680. The molecule has 0 radical (unpaired) electrons.